The molecule has 0 atom stereocenters. The number of hydrogen-bond acceptors (Lipinski definition) is 3. The summed E-state index contributed by atoms with van der Waals surface area (Å²) in [5.41, 5.74) is 1.89. The maximum absolute atomic E-state index is 12.0. The Hall–Kier alpha value is -3.26. The quantitative estimate of drug-likeness (QED) is 0.672. The van der Waals surface area contributed by atoms with Crippen LogP contribution in [-0.4, -0.2) is 11.8 Å². The van der Waals surface area contributed by atoms with Gasteiger partial charge >= 0.3 is 11.8 Å². The molecule has 2 amide bonds. The molecular formula is C18H20N2O3. The highest BCUT2D eigenvalue weighted by Gasteiger charge is 2.17. The van der Waals surface area contributed by atoms with Crippen molar-refractivity contribution < 1.29 is 17.2 Å². The highest BCUT2D eigenvalue weighted by molar-refractivity contribution is 6.43. The van der Waals surface area contributed by atoms with E-state index in [9.17, 15) is 9.59 Å². The van der Waals surface area contributed by atoms with Gasteiger partial charge in [-0.1, -0.05) is 43.7 Å². The first-order valence-electron chi connectivity index (χ1n) is 7.07. The number of para-hydroxylation sites is 3. The van der Waals surface area contributed by atoms with E-state index in [1.807, 2.05) is 25.2 Å². The minimum absolute atomic E-state index is 0. The molecule has 0 heterocycles. The van der Waals surface area contributed by atoms with Gasteiger partial charge in [0.05, 0.1) is 5.69 Å². The molecule has 2 aromatic carbocycles. The summed E-state index contributed by atoms with van der Waals surface area (Å²) < 4.78 is 4.95. The van der Waals surface area contributed by atoms with Crippen molar-refractivity contribution in [3.05, 3.63) is 54.1 Å². The number of rotatable bonds is 4. The molecule has 2 N–H and O–H groups in total. The number of hydrogen-bond donors (Lipinski definition) is 2. The van der Waals surface area contributed by atoms with Crippen molar-refractivity contribution in [2.75, 3.05) is 10.6 Å². The summed E-state index contributed by atoms with van der Waals surface area (Å²) in [4.78, 5) is 24.1. The van der Waals surface area contributed by atoms with Crippen molar-refractivity contribution in [1.82, 2.24) is 0 Å². The van der Waals surface area contributed by atoms with E-state index in [0.29, 0.717) is 17.1 Å². The lowest BCUT2D eigenvalue weighted by Gasteiger charge is -2.11. The van der Waals surface area contributed by atoms with Crippen molar-refractivity contribution in [2.45, 2.75) is 13.3 Å². The van der Waals surface area contributed by atoms with Crippen LogP contribution in [0.2, 0.25) is 0 Å². The average Bonchev–Trinajstić information content (AvgIpc) is 2.57. The van der Waals surface area contributed by atoms with Crippen LogP contribution < -0.4 is 15.4 Å². The van der Waals surface area contributed by atoms with Gasteiger partial charge in [-0.25, -0.2) is 0 Å². The number of amides is 2. The zero-order valence-electron chi connectivity index (χ0n) is 12.6. The topological polar surface area (TPSA) is 67.4 Å². The fraction of sp³-hybridized carbons (Fsp3) is 0.111. The van der Waals surface area contributed by atoms with Gasteiger partial charge in [0, 0.05) is 8.54 Å². The molecule has 0 spiro atoms. The lowest BCUT2D eigenvalue weighted by atomic mass is 10.1. The van der Waals surface area contributed by atoms with Crippen LogP contribution in [0.5, 0.6) is 5.75 Å². The van der Waals surface area contributed by atoms with E-state index in [2.05, 4.69) is 10.6 Å². The Morgan fingerprint density at radius 1 is 1.04 bits per heavy atom. The summed E-state index contributed by atoms with van der Waals surface area (Å²) in [6.07, 6.45) is 7.87. The third-order valence-corrected chi connectivity index (χ3v) is 3.16. The van der Waals surface area contributed by atoms with E-state index in [1.165, 1.54) is 0 Å². The highest BCUT2D eigenvalue weighted by atomic mass is 16.5. The summed E-state index contributed by atoms with van der Waals surface area (Å²) in [6, 6.07) is 13.9. The van der Waals surface area contributed by atoms with Gasteiger partial charge in [0.1, 0.15) is 6.11 Å². The van der Waals surface area contributed by atoms with Crippen LogP contribution in [0.1, 0.15) is 15.3 Å². The first kappa shape index (κ1) is 16.1. The lowest BCUT2D eigenvalue weighted by molar-refractivity contribution is -0.133. The predicted molar refractivity (Wildman–Crippen MR) is 93.2 cm³/mol. The average molecular weight is 312 g/mol. The summed E-state index contributed by atoms with van der Waals surface area (Å²) in [7, 11) is 0. The first-order chi connectivity index (χ1) is 11.2. The van der Waals surface area contributed by atoms with Gasteiger partial charge in [0.2, 0.25) is 0 Å². The van der Waals surface area contributed by atoms with Crippen molar-refractivity contribution in [1.29, 1.82) is 0 Å². The maximum Gasteiger partial charge on any atom is 0.314 e. The fourth-order valence-corrected chi connectivity index (χ4v) is 2.03. The summed E-state index contributed by atoms with van der Waals surface area (Å²) in [5, 5.41) is 5.08. The smallest absolute Gasteiger partial charge is 0.314 e. The molecule has 0 saturated heterocycles. The van der Waals surface area contributed by atoms with E-state index in [4.69, 9.17) is 11.2 Å². The highest BCUT2D eigenvalue weighted by Crippen LogP contribution is 2.23. The van der Waals surface area contributed by atoms with E-state index < -0.39 is 11.8 Å². The zero-order chi connectivity index (χ0) is 16.7. The van der Waals surface area contributed by atoms with E-state index >= 15 is 0 Å². The van der Waals surface area contributed by atoms with Crippen molar-refractivity contribution in [3.8, 4) is 18.3 Å². The Morgan fingerprint density at radius 3 is 2.26 bits per heavy atom. The molecule has 2 aromatic rings. The molecule has 120 valence electrons. The maximum atomic E-state index is 12.0. The Kier molecular flexibility index (Phi) is 5.37. The summed E-state index contributed by atoms with van der Waals surface area (Å²) in [6.45, 7) is 1.97. The second kappa shape index (κ2) is 7.66. The van der Waals surface area contributed by atoms with E-state index in [-0.39, 0.29) is 2.85 Å². The Labute approximate surface area is 137 Å². The molecule has 0 fully saturated rings. The second-order valence-electron chi connectivity index (χ2n) is 4.64. The van der Waals surface area contributed by atoms with Crippen LogP contribution in [0.4, 0.5) is 11.4 Å². The Bertz CT molecular complexity index is 773. The largest absolute Gasteiger partial charge is 0.406 e. The summed E-state index contributed by atoms with van der Waals surface area (Å²) >= 11 is 0. The van der Waals surface area contributed by atoms with Crippen LogP contribution in [0.15, 0.2) is 48.5 Å². The number of aryl methyl sites for hydroxylation is 1. The van der Waals surface area contributed by atoms with Crippen molar-refractivity contribution in [2.24, 2.45) is 0 Å². The minimum atomic E-state index is -0.802. The molecule has 5 heteroatoms. The van der Waals surface area contributed by atoms with Gasteiger partial charge in [0.25, 0.3) is 0 Å². The van der Waals surface area contributed by atoms with Gasteiger partial charge in [-0.2, -0.15) is 0 Å². The van der Waals surface area contributed by atoms with E-state index in [0.717, 1.165) is 12.0 Å². The van der Waals surface area contributed by atoms with Crippen LogP contribution >= 0.6 is 0 Å². The van der Waals surface area contributed by atoms with Crippen molar-refractivity contribution >= 4 is 23.2 Å². The van der Waals surface area contributed by atoms with Crippen LogP contribution in [0.3, 0.4) is 0 Å². The molecule has 0 aromatic heterocycles. The minimum Gasteiger partial charge on any atom is -0.406 e. The van der Waals surface area contributed by atoms with E-state index in [1.54, 1.807) is 36.4 Å². The number of benzene rings is 2. The van der Waals surface area contributed by atoms with Gasteiger partial charge < -0.3 is 15.4 Å². The van der Waals surface area contributed by atoms with Gasteiger partial charge in [-0.05, 0) is 30.2 Å². The van der Waals surface area contributed by atoms with Gasteiger partial charge in [-0.15, -0.1) is 0 Å². The number of anilines is 2. The number of carbonyl (C=O) groups is 2. The third kappa shape index (κ3) is 4.11. The zero-order valence-corrected chi connectivity index (χ0v) is 12.6. The first-order valence-corrected chi connectivity index (χ1v) is 7.07. The molecule has 0 aliphatic carbocycles. The fourth-order valence-electron chi connectivity index (χ4n) is 2.03. The summed E-state index contributed by atoms with van der Waals surface area (Å²) in [5.74, 6) is -1.27. The molecule has 0 saturated carbocycles. The molecule has 0 unspecified atom stereocenters. The number of ether oxygens (including phenoxy) is 1. The third-order valence-electron chi connectivity index (χ3n) is 3.16. The molecule has 5 nitrogen and oxygen atoms in total. The number of carbonyl (C=O) groups excluding carboxylic acids is 2. The van der Waals surface area contributed by atoms with Crippen molar-refractivity contribution in [3.63, 3.8) is 0 Å². The monoisotopic (exact) mass is 312 g/mol. The Morgan fingerprint density at radius 2 is 1.61 bits per heavy atom. The van der Waals surface area contributed by atoms with Crippen LogP contribution in [0, 0.1) is 12.5 Å². The Balaban J connectivity index is 0.00000288. The molecule has 2 rings (SSSR count). The normalized spacial score (nSPS) is 9.57. The molecule has 0 aliphatic rings. The SMILES string of the molecule is C#COc1ccccc1NC(=O)C(=O)Nc1ccccc1CC.[HH].[HH]. The standard InChI is InChI=1S/C18H16N2O3.2H2/c1-3-13-9-5-6-10-14(13)19-17(21)18(22)20-15-11-7-8-12-16(15)23-4-2;;/h2,5-12H,3H2,1H3,(H,19,21)(H,20,22);2*1H. The number of nitrogens with one attached hydrogen (secondary N) is 2. The van der Waals surface area contributed by atoms with Gasteiger partial charge in [-0.3, -0.25) is 9.59 Å². The molecule has 0 aliphatic heterocycles. The van der Waals surface area contributed by atoms with Gasteiger partial charge in [0.15, 0.2) is 5.75 Å². The second-order valence-corrected chi connectivity index (χ2v) is 4.64. The van der Waals surface area contributed by atoms with Crippen LogP contribution in [0.25, 0.3) is 0 Å². The molecule has 0 bridgehead atoms. The van der Waals surface area contributed by atoms with Crippen LogP contribution in [-0.2, 0) is 16.0 Å². The lowest BCUT2D eigenvalue weighted by Crippen LogP contribution is -2.29. The molecular weight excluding hydrogens is 292 g/mol. The predicted octanol–water partition coefficient (Wildman–Crippen LogP) is 3.29. The molecule has 0 radical (unpaired) electrons. The molecule has 23 heavy (non-hydrogen) atoms. The number of terminal acetylenes is 1.